The molecular weight excluding hydrogens is 136 g/mol. The lowest BCUT2D eigenvalue weighted by Crippen LogP contribution is -2.20. The molecule has 4 atom stereocenters. The molecule has 0 aromatic rings. The van der Waals surface area contributed by atoms with Gasteiger partial charge < -0.3 is 5.11 Å². The van der Waals surface area contributed by atoms with Crippen molar-refractivity contribution in [2.75, 3.05) is 6.61 Å². The first-order valence-electron chi connectivity index (χ1n) is 4.28. The molecule has 0 aromatic carbocycles. The summed E-state index contributed by atoms with van der Waals surface area (Å²) >= 11 is 0. The monoisotopic (exact) mass is 150 g/mol. The van der Waals surface area contributed by atoms with E-state index in [1.165, 1.54) is 6.42 Å². The molecule has 0 aromatic heterocycles. The van der Waals surface area contributed by atoms with E-state index in [-0.39, 0.29) is 0 Å². The second-order valence-electron chi connectivity index (χ2n) is 3.61. The molecule has 1 fully saturated rings. The van der Waals surface area contributed by atoms with Crippen LogP contribution in [-0.2, 0) is 0 Å². The number of rotatable bonds is 2. The van der Waals surface area contributed by atoms with E-state index >= 15 is 0 Å². The predicted octanol–water partition coefficient (Wildman–Crippen LogP) is 1.60. The van der Waals surface area contributed by atoms with E-state index in [2.05, 4.69) is 18.7 Å². The van der Waals surface area contributed by atoms with Gasteiger partial charge in [0.1, 0.15) is 0 Å². The first-order chi connectivity index (χ1) is 5.36. The average molecular weight is 150 g/mol. The Hall–Kier alpha value is -0.560. The van der Waals surface area contributed by atoms with Crippen molar-refractivity contribution in [3.63, 3.8) is 0 Å². The molecule has 1 heteroatoms. The zero-order valence-electron chi connectivity index (χ0n) is 6.61. The first kappa shape index (κ1) is 7.11. The smallest absolute Gasteiger partial charge is 0.0470 e. The molecule has 2 rings (SSSR count). The van der Waals surface area contributed by atoms with Crippen LogP contribution in [0.2, 0.25) is 0 Å². The zero-order chi connectivity index (χ0) is 7.84. The molecule has 60 valence electrons. The van der Waals surface area contributed by atoms with Crippen LogP contribution in [0.25, 0.3) is 0 Å². The second kappa shape index (κ2) is 2.49. The highest BCUT2D eigenvalue weighted by atomic mass is 16.3. The van der Waals surface area contributed by atoms with Gasteiger partial charge in [0, 0.05) is 6.61 Å². The van der Waals surface area contributed by atoms with Crippen LogP contribution in [0.4, 0.5) is 0 Å². The van der Waals surface area contributed by atoms with E-state index in [1.807, 2.05) is 6.08 Å². The van der Waals surface area contributed by atoms with Gasteiger partial charge in [0.05, 0.1) is 0 Å². The van der Waals surface area contributed by atoms with E-state index < -0.39 is 0 Å². The van der Waals surface area contributed by atoms with Crippen molar-refractivity contribution in [3.8, 4) is 0 Å². The average Bonchev–Trinajstić information content (AvgIpc) is 2.60. The fourth-order valence-electron chi connectivity index (χ4n) is 2.57. The van der Waals surface area contributed by atoms with Crippen LogP contribution in [-0.4, -0.2) is 11.7 Å². The summed E-state index contributed by atoms with van der Waals surface area (Å²) in [5, 5.41) is 9.11. The van der Waals surface area contributed by atoms with Crippen molar-refractivity contribution < 1.29 is 5.11 Å². The van der Waals surface area contributed by atoms with Gasteiger partial charge in [0.25, 0.3) is 0 Å². The minimum absolute atomic E-state index is 0.322. The molecule has 1 saturated carbocycles. The van der Waals surface area contributed by atoms with Crippen LogP contribution in [0.15, 0.2) is 24.8 Å². The fourth-order valence-corrected chi connectivity index (χ4v) is 2.57. The first-order valence-corrected chi connectivity index (χ1v) is 4.28. The number of hydrogen-bond donors (Lipinski definition) is 1. The molecule has 0 amide bonds. The second-order valence-corrected chi connectivity index (χ2v) is 3.61. The van der Waals surface area contributed by atoms with E-state index in [0.717, 1.165) is 0 Å². The largest absolute Gasteiger partial charge is 0.396 e. The number of fused-ring (bicyclic) bond motifs is 2. The molecular formula is C10H14O. The number of allylic oxidation sites excluding steroid dienone is 3. The van der Waals surface area contributed by atoms with Crippen LogP contribution >= 0.6 is 0 Å². The van der Waals surface area contributed by atoms with Gasteiger partial charge in [-0.05, 0) is 30.1 Å². The normalized spacial score (nSPS) is 46.6. The topological polar surface area (TPSA) is 20.2 Å². The Balaban J connectivity index is 2.21. The standard InChI is InChI=1S/C10H14O/c1-2-9-7-3-4-8(5-7)10(9)6-11/h2-4,7-11H,1,5-6H2/t7-,8+,9+,10+/m1/s1. The van der Waals surface area contributed by atoms with Crippen molar-refractivity contribution in [2.24, 2.45) is 23.7 Å². The lowest BCUT2D eigenvalue weighted by atomic mass is 9.84. The van der Waals surface area contributed by atoms with Gasteiger partial charge >= 0.3 is 0 Å². The van der Waals surface area contributed by atoms with Crippen LogP contribution in [0, 0.1) is 23.7 Å². The van der Waals surface area contributed by atoms with E-state index in [9.17, 15) is 0 Å². The van der Waals surface area contributed by atoms with Crippen LogP contribution in [0.5, 0.6) is 0 Å². The highest BCUT2D eigenvalue weighted by Gasteiger charge is 2.42. The molecule has 2 bridgehead atoms. The van der Waals surface area contributed by atoms with Crippen molar-refractivity contribution in [1.82, 2.24) is 0 Å². The fraction of sp³-hybridized carbons (Fsp3) is 0.600. The summed E-state index contributed by atoms with van der Waals surface area (Å²) in [4.78, 5) is 0. The maximum atomic E-state index is 9.11. The molecule has 11 heavy (non-hydrogen) atoms. The summed E-state index contributed by atoms with van der Waals surface area (Å²) in [6, 6.07) is 0. The SMILES string of the molecule is C=C[C@@H]1[C@@H](CO)[C@H]2C=C[C@@H]1C2. The van der Waals surface area contributed by atoms with Crippen LogP contribution in [0.1, 0.15) is 6.42 Å². The zero-order valence-corrected chi connectivity index (χ0v) is 6.61. The summed E-state index contributed by atoms with van der Waals surface area (Å²) in [5.41, 5.74) is 0. The Kier molecular flexibility index (Phi) is 1.61. The van der Waals surface area contributed by atoms with Crippen molar-refractivity contribution in [3.05, 3.63) is 24.8 Å². The molecule has 2 aliphatic rings. The number of aliphatic hydroxyl groups excluding tert-OH is 1. The molecule has 0 heterocycles. The number of aliphatic hydroxyl groups is 1. The van der Waals surface area contributed by atoms with E-state index in [4.69, 9.17) is 5.11 Å². The quantitative estimate of drug-likeness (QED) is 0.593. The summed E-state index contributed by atoms with van der Waals surface area (Å²) in [6.45, 7) is 4.14. The Labute approximate surface area is 67.4 Å². The molecule has 0 spiro atoms. The Morgan fingerprint density at radius 1 is 1.45 bits per heavy atom. The summed E-state index contributed by atoms with van der Waals surface area (Å²) < 4.78 is 0. The van der Waals surface area contributed by atoms with Gasteiger partial charge in [-0.25, -0.2) is 0 Å². The number of hydrogen-bond acceptors (Lipinski definition) is 1. The highest BCUT2D eigenvalue weighted by molar-refractivity contribution is 5.16. The van der Waals surface area contributed by atoms with Crippen molar-refractivity contribution in [2.45, 2.75) is 6.42 Å². The maximum Gasteiger partial charge on any atom is 0.0470 e. The Bertz CT molecular complexity index is 195. The third kappa shape index (κ3) is 0.875. The predicted molar refractivity (Wildman–Crippen MR) is 45.0 cm³/mol. The molecule has 0 unspecified atom stereocenters. The van der Waals surface area contributed by atoms with E-state index in [0.29, 0.717) is 30.3 Å². The van der Waals surface area contributed by atoms with Gasteiger partial charge in [-0.3, -0.25) is 0 Å². The van der Waals surface area contributed by atoms with Crippen LogP contribution in [0.3, 0.4) is 0 Å². The van der Waals surface area contributed by atoms with Crippen molar-refractivity contribution in [1.29, 1.82) is 0 Å². The minimum atomic E-state index is 0.322. The Morgan fingerprint density at radius 3 is 2.73 bits per heavy atom. The van der Waals surface area contributed by atoms with Crippen molar-refractivity contribution >= 4 is 0 Å². The van der Waals surface area contributed by atoms with Gasteiger partial charge in [0.2, 0.25) is 0 Å². The Morgan fingerprint density at radius 2 is 2.18 bits per heavy atom. The maximum absolute atomic E-state index is 9.11. The highest BCUT2D eigenvalue weighted by Crippen LogP contribution is 2.47. The lowest BCUT2D eigenvalue weighted by Gasteiger charge is -2.22. The lowest BCUT2D eigenvalue weighted by molar-refractivity contribution is 0.183. The molecule has 1 nitrogen and oxygen atoms in total. The summed E-state index contributed by atoms with van der Waals surface area (Å²) in [6.07, 6.45) is 7.78. The van der Waals surface area contributed by atoms with Gasteiger partial charge in [0.15, 0.2) is 0 Å². The van der Waals surface area contributed by atoms with Crippen LogP contribution < -0.4 is 0 Å². The molecule has 2 aliphatic carbocycles. The molecule has 0 radical (unpaired) electrons. The molecule has 1 N–H and O–H groups in total. The summed E-state index contributed by atoms with van der Waals surface area (Å²) in [7, 11) is 0. The molecule has 0 aliphatic heterocycles. The third-order valence-electron chi connectivity index (χ3n) is 3.17. The minimum Gasteiger partial charge on any atom is -0.396 e. The van der Waals surface area contributed by atoms with Gasteiger partial charge in [-0.1, -0.05) is 18.2 Å². The third-order valence-corrected chi connectivity index (χ3v) is 3.17. The summed E-state index contributed by atoms with van der Waals surface area (Å²) in [5.74, 6) is 2.31. The molecule has 0 saturated heterocycles. The van der Waals surface area contributed by atoms with Gasteiger partial charge in [-0.15, -0.1) is 6.58 Å². The van der Waals surface area contributed by atoms with Gasteiger partial charge in [-0.2, -0.15) is 0 Å². The van der Waals surface area contributed by atoms with E-state index in [1.54, 1.807) is 0 Å².